The molecule has 0 bridgehead atoms. The first-order valence-electron chi connectivity index (χ1n) is 9.40. The second kappa shape index (κ2) is 9.15. The van der Waals surface area contributed by atoms with Gasteiger partial charge >= 0.3 is 0 Å². The van der Waals surface area contributed by atoms with Gasteiger partial charge in [0.05, 0.1) is 16.7 Å². The molecule has 2 aromatic carbocycles. The number of pyridine rings is 1. The van der Waals surface area contributed by atoms with Gasteiger partial charge in [-0.2, -0.15) is 13.5 Å². The van der Waals surface area contributed by atoms with E-state index in [4.69, 9.17) is 11.6 Å². The Labute approximate surface area is 193 Å². The Hall–Kier alpha value is -3.14. The van der Waals surface area contributed by atoms with Crippen LogP contribution in [-0.4, -0.2) is 24.0 Å². The summed E-state index contributed by atoms with van der Waals surface area (Å²) in [5.41, 5.74) is 1.18. The van der Waals surface area contributed by atoms with Gasteiger partial charge in [0.1, 0.15) is 10.7 Å². The third kappa shape index (κ3) is 4.85. The molecule has 0 amide bonds. The number of nitrogens with one attached hydrogen (secondary N) is 1. The molecule has 162 valence electrons. The molecule has 0 aliphatic rings. The van der Waals surface area contributed by atoms with Crippen LogP contribution in [0.4, 0.5) is 0 Å². The van der Waals surface area contributed by atoms with Crippen LogP contribution in [0, 0.1) is 6.92 Å². The summed E-state index contributed by atoms with van der Waals surface area (Å²) in [4.78, 5) is 20.7. The highest BCUT2D eigenvalue weighted by molar-refractivity contribution is 7.99. The molecule has 32 heavy (non-hydrogen) atoms. The molecule has 0 spiro atoms. The number of aromatic nitrogens is 2. The predicted molar refractivity (Wildman–Crippen MR) is 126 cm³/mol. The summed E-state index contributed by atoms with van der Waals surface area (Å²) in [6, 6.07) is 18.7. The highest BCUT2D eigenvalue weighted by Gasteiger charge is 2.15. The van der Waals surface area contributed by atoms with Gasteiger partial charge in [-0.1, -0.05) is 47.1 Å². The van der Waals surface area contributed by atoms with Gasteiger partial charge in [0.25, 0.3) is 15.6 Å². The van der Waals surface area contributed by atoms with Crippen molar-refractivity contribution in [2.75, 3.05) is 0 Å². The lowest BCUT2D eigenvalue weighted by atomic mass is 10.2. The SMILES string of the molecule is Cc1ccc(S(=O)(=O)N/N=C/c2c(Sc3ccc(Cl)cc3)nc3ccccn3c2=O)cc1. The summed E-state index contributed by atoms with van der Waals surface area (Å²) in [5, 5.41) is 4.83. The summed E-state index contributed by atoms with van der Waals surface area (Å²) in [6.45, 7) is 1.86. The molecule has 0 aliphatic heterocycles. The van der Waals surface area contributed by atoms with E-state index in [1.165, 1.54) is 34.5 Å². The van der Waals surface area contributed by atoms with E-state index in [0.29, 0.717) is 15.7 Å². The molecular weight excluding hydrogens is 468 g/mol. The Morgan fingerprint density at radius 2 is 1.78 bits per heavy atom. The van der Waals surface area contributed by atoms with Crippen molar-refractivity contribution in [2.45, 2.75) is 21.7 Å². The molecule has 7 nitrogen and oxygen atoms in total. The van der Waals surface area contributed by atoms with Gasteiger partial charge < -0.3 is 0 Å². The van der Waals surface area contributed by atoms with Gasteiger partial charge in [-0.25, -0.2) is 9.82 Å². The largest absolute Gasteiger partial charge is 0.276 e. The van der Waals surface area contributed by atoms with E-state index >= 15 is 0 Å². The molecule has 0 atom stereocenters. The van der Waals surface area contributed by atoms with Crippen molar-refractivity contribution in [1.29, 1.82) is 0 Å². The molecule has 4 rings (SSSR count). The van der Waals surface area contributed by atoms with E-state index in [1.807, 2.05) is 19.1 Å². The number of hydrogen-bond acceptors (Lipinski definition) is 6. The number of aryl methyl sites for hydroxylation is 1. The minimum atomic E-state index is -3.88. The van der Waals surface area contributed by atoms with Crippen LogP contribution in [-0.2, 0) is 10.0 Å². The Morgan fingerprint density at radius 3 is 2.50 bits per heavy atom. The molecule has 4 aromatic rings. The van der Waals surface area contributed by atoms with Crippen molar-refractivity contribution in [3.05, 3.63) is 99.4 Å². The molecule has 0 aliphatic carbocycles. The first-order chi connectivity index (χ1) is 15.3. The Balaban J connectivity index is 1.71. The van der Waals surface area contributed by atoms with Crippen molar-refractivity contribution in [3.8, 4) is 0 Å². The van der Waals surface area contributed by atoms with Crippen LogP contribution >= 0.6 is 23.4 Å². The highest BCUT2D eigenvalue weighted by Crippen LogP contribution is 2.28. The first kappa shape index (κ1) is 22.1. The summed E-state index contributed by atoms with van der Waals surface area (Å²) in [6.07, 6.45) is 2.77. The van der Waals surface area contributed by atoms with Gasteiger partial charge in [0.2, 0.25) is 0 Å². The topological polar surface area (TPSA) is 92.9 Å². The molecular formula is C22H17ClN4O3S2. The molecule has 1 N–H and O–H groups in total. The van der Waals surface area contributed by atoms with Crippen LogP contribution in [0.15, 0.2) is 97.6 Å². The van der Waals surface area contributed by atoms with Crippen LogP contribution in [0.3, 0.4) is 0 Å². The number of sulfonamides is 1. The second-order valence-corrected chi connectivity index (χ2v) is 9.95. The van der Waals surface area contributed by atoms with E-state index in [1.54, 1.807) is 48.7 Å². The second-order valence-electron chi connectivity index (χ2n) is 6.79. The lowest BCUT2D eigenvalue weighted by molar-refractivity contribution is 0.584. The molecule has 0 unspecified atom stereocenters. The molecule has 0 radical (unpaired) electrons. The number of halogens is 1. The van der Waals surface area contributed by atoms with Gasteiger partial charge in [0.15, 0.2) is 0 Å². The minimum Gasteiger partial charge on any atom is -0.268 e. The standard InChI is InChI=1S/C22H17ClN4O3S2/c1-15-5-11-18(12-6-15)32(29,30)26-24-14-19-21(31-17-9-7-16(23)8-10-17)25-20-4-2-3-13-27(20)22(19)28/h2-14,26H,1H3/b24-14+. The normalized spacial score (nSPS) is 11.8. The van der Waals surface area contributed by atoms with Gasteiger partial charge in [-0.05, 0) is 55.5 Å². The van der Waals surface area contributed by atoms with Crippen LogP contribution < -0.4 is 10.4 Å². The number of hydrogen-bond donors (Lipinski definition) is 1. The maximum absolute atomic E-state index is 13.1. The summed E-state index contributed by atoms with van der Waals surface area (Å²) >= 11 is 7.21. The number of nitrogens with zero attached hydrogens (tertiary/aromatic N) is 3. The molecule has 2 aromatic heterocycles. The lowest BCUT2D eigenvalue weighted by Crippen LogP contribution is -2.23. The fourth-order valence-corrected chi connectivity index (χ4v) is 4.62. The maximum atomic E-state index is 13.1. The van der Waals surface area contributed by atoms with E-state index in [0.717, 1.165) is 10.5 Å². The van der Waals surface area contributed by atoms with Crippen LogP contribution in [0.1, 0.15) is 11.1 Å². The third-order valence-electron chi connectivity index (χ3n) is 4.46. The van der Waals surface area contributed by atoms with Crippen molar-refractivity contribution in [3.63, 3.8) is 0 Å². The zero-order valence-electron chi connectivity index (χ0n) is 16.8. The maximum Gasteiger partial charge on any atom is 0.276 e. The van der Waals surface area contributed by atoms with E-state index in [-0.39, 0.29) is 16.0 Å². The molecule has 0 saturated heterocycles. The van der Waals surface area contributed by atoms with Crippen LogP contribution in [0.25, 0.3) is 5.65 Å². The smallest absolute Gasteiger partial charge is 0.268 e. The van der Waals surface area contributed by atoms with Crippen LogP contribution in [0.5, 0.6) is 0 Å². The summed E-state index contributed by atoms with van der Waals surface area (Å²) < 4.78 is 26.4. The minimum absolute atomic E-state index is 0.0735. The van der Waals surface area contributed by atoms with E-state index < -0.39 is 10.0 Å². The Kier molecular flexibility index (Phi) is 6.31. The summed E-state index contributed by atoms with van der Waals surface area (Å²) in [7, 11) is -3.88. The van der Waals surface area contributed by atoms with Crippen molar-refractivity contribution in [1.82, 2.24) is 14.2 Å². The van der Waals surface area contributed by atoms with Gasteiger partial charge in [0, 0.05) is 16.1 Å². The van der Waals surface area contributed by atoms with Crippen LogP contribution in [0.2, 0.25) is 5.02 Å². The van der Waals surface area contributed by atoms with Crippen molar-refractivity contribution in [2.24, 2.45) is 5.10 Å². The molecule has 0 saturated carbocycles. The van der Waals surface area contributed by atoms with Crippen molar-refractivity contribution >= 4 is 45.2 Å². The summed E-state index contributed by atoms with van der Waals surface area (Å²) in [5.74, 6) is 0. The monoisotopic (exact) mass is 484 g/mol. The average Bonchev–Trinajstić information content (AvgIpc) is 2.78. The van der Waals surface area contributed by atoms with Gasteiger partial charge in [-0.15, -0.1) is 0 Å². The fourth-order valence-electron chi connectivity index (χ4n) is 2.82. The zero-order valence-corrected chi connectivity index (χ0v) is 19.2. The predicted octanol–water partition coefficient (Wildman–Crippen LogP) is 4.12. The van der Waals surface area contributed by atoms with Gasteiger partial charge in [-0.3, -0.25) is 9.20 Å². The first-order valence-corrected chi connectivity index (χ1v) is 12.1. The molecule has 2 heterocycles. The molecule has 10 heteroatoms. The highest BCUT2D eigenvalue weighted by atomic mass is 35.5. The van der Waals surface area contributed by atoms with E-state index in [2.05, 4.69) is 14.9 Å². The zero-order chi connectivity index (χ0) is 22.7. The Bertz CT molecular complexity index is 1470. The average molecular weight is 485 g/mol. The number of hydrazone groups is 1. The number of benzene rings is 2. The van der Waals surface area contributed by atoms with Crippen molar-refractivity contribution < 1.29 is 8.42 Å². The third-order valence-corrected chi connectivity index (χ3v) is 6.96. The van der Waals surface area contributed by atoms with E-state index in [9.17, 15) is 13.2 Å². The lowest BCUT2D eigenvalue weighted by Gasteiger charge is -2.08. The number of fused-ring (bicyclic) bond motifs is 1. The molecule has 0 fully saturated rings. The number of rotatable bonds is 6. The Morgan fingerprint density at radius 1 is 1.06 bits per heavy atom. The fraction of sp³-hybridized carbons (Fsp3) is 0.0455. The quantitative estimate of drug-likeness (QED) is 0.252.